The highest BCUT2D eigenvalue weighted by Crippen LogP contribution is 2.34. The van der Waals surface area contributed by atoms with E-state index in [2.05, 4.69) is 9.80 Å². The SMILES string of the molecule is CC(=O)c1ccc(OCC(O)CN2CCC(O)(c3ccccc3)CC2)cc1OCC(O)CN1CCC(O)(c2ccccc2)CC1. The molecule has 0 amide bonds. The third-order valence-corrected chi connectivity index (χ3v) is 9.13. The van der Waals surface area contributed by atoms with Crippen molar-refractivity contribution >= 4 is 5.78 Å². The number of aliphatic hydroxyl groups excluding tert-OH is 2. The first-order chi connectivity index (χ1) is 21.6. The van der Waals surface area contributed by atoms with Crippen molar-refractivity contribution < 1.29 is 34.7 Å². The lowest BCUT2D eigenvalue weighted by Crippen LogP contribution is -2.46. The number of ketones is 1. The molecule has 2 aliphatic heterocycles. The van der Waals surface area contributed by atoms with E-state index in [1.807, 2.05) is 60.7 Å². The van der Waals surface area contributed by atoms with Crippen LogP contribution in [-0.2, 0) is 11.2 Å². The Hall–Kier alpha value is -3.31. The highest BCUT2D eigenvalue weighted by molar-refractivity contribution is 5.97. The van der Waals surface area contributed by atoms with Crippen LogP contribution in [0.4, 0.5) is 0 Å². The number of likely N-dealkylation sites (tertiary alicyclic amines) is 2. The highest BCUT2D eigenvalue weighted by Gasteiger charge is 2.35. The van der Waals surface area contributed by atoms with Gasteiger partial charge in [0, 0.05) is 45.3 Å². The molecule has 242 valence electrons. The van der Waals surface area contributed by atoms with E-state index in [1.54, 1.807) is 18.2 Å². The molecule has 0 spiro atoms. The number of β-amino-alcohol motifs (C(OH)–C–C–N with tert-alkyl or cyclic N) is 2. The molecular formula is C36H46N2O7. The molecule has 5 rings (SSSR count). The number of aliphatic hydroxyl groups is 4. The molecule has 2 aliphatic rings. The number of carbonyl (C=O) groups is 1. The van der Waals surface area contributed by atoms with Gasteiger partial charge in [0.1, 0.15) is 36.9 Å². The van der Waals surface area contributed by atoms with Crippen LogP contribution in [0.25, 0.3) is 0 Å². The predicted octanol–water partition coefficient (Wildman–Crippen LogP) is 3.34. The van der Waals surface area contributed by atoms with Crippen molar-refractivity contribution in [1.82, 2.24) is 9.80 Å². The van der Waals surface area contributed by atoms with Crippen LogP contribution < -0.4 is 9.47 Å². The first-order valence-electron chi connectivity index (χ1n) is 15.9. The second-order valence-electron chi connectivity index (χ2n) is 12.5. The number of nitrogens with zero attached hydrogens (tertiary/aromatic N) is 2. The zero-order valence-electron chi connectivity index (χ0n) is 26.1. The zero-order valence-corrected chi connectivity index (χ0v) is 26.1. The van der Waals surface area contributed by atoms with Crippen molar-refractivity contribution in [3.8, 4) is 11.5 Å². The van der Waals surface area contributed by atoms with Crippen LogP contribution >= 0.6 is 0 Å². The maximum Gasteiger partial charge on any atom is 0.163 e. The molecule has 0 aromatic heterocycles. The van der Waals surface area contributed by atoms with E-state index in [9.17, 15) is 25.2 Å². The molecule has 9 nitrogen and oxygen atoms in total. The van der Waals surface area contributed by atoms with E-state index in [0.29, 0.717) is 82.0 Å². The summed E-state index contributed by atoms with van der Waals surface area (Å²) in [7, 11) is 0. The molecule has 0 aliphatic carbocycles. The molecular weight excluding hydrogens is 572 g/mol. The monoisotopic (exact) mass is 618 g/mol. The van der Waals surface area contributed by atoms with Gasteiger partial charge in [0.25, 0.3) is 0 Å². The van der Waals surface area contributed by atoms with Gasteiger partial charge < -0.3 is 39.7 Å². The molecule has 2 unspecified atom stereocenters. The summed E-state index contributed by atoms with van der Waals surface area (Å²) < 4.78 is 11.8. The van der Waals surface area contributed by atoms with Crippen molar-refractivity contribution in [2.45, 2.75) is 56.0 Å². The number of Topliss-reactive ketones (excluding diaryl/α,β-unsaturated/α-hetero) is 1. The standard InChI is InChI=1S/C36H46N2O7/c1-27(39)33-13-12-32(44-25-30(40)23-37-18-14-35(42,15-19-37)28-8-4-2-5-9-28)22-34(33)45-26-31(41)24-38-20-16-36(43,17-21-38)29-10-6-3-7-11-29/h2-13,22,30-31,40-43H,14-21,23-26H2,1H3. The molecule has 9 heteroatoms. The summed E-state index contributed by atoms with van der Waals surface area (Å²) in [5, 5.41) is 43.6. The van der Waals surface area contributed by atoms with Gasteiger partial charge in [-0.3, -0.25) is 4.79 Å². The van der Waals surface area contributed by atoms with Gasteiger partial charge in [-0.05, 0) is 55.9 Å². The van der Waals surface area contributed by atoms with E-state index in [4.69, 9.17) is 9.47 Å². The van der Waals surface area contributed by atoms with Crippen molar-refractivity contribution in [3.05, 3.63) is 95.6 Å². The Labute approximate surface area is 265 Å². The number of ether oxygens (including phenoxy) is 2. The Morgan fingerprint density at radius 2 is 1.16 bits per heavy atom. The van der Waals surface area contributed by atoms with Crippen LogP contribution in [0.5, 0.6) is 11.5 Å². The average molecular weight is 619 g/mol. The van der Waals surface area contributed by atoms with Gasteiger partial charge in [0.2, 0.25) is 0 Å². The van der Waals surface area contributed by atoms with Crippen LogP contribution in [0.3, 0.4) is 0 Å². The lowest BCUT2D eigenvalue weighted by Gasteiger charge is -2.39. The van der Waals surface area contributed by atoms with Gasteiger partial charge in [-0.2, -0.15) is 0 Å². The number of rotatable bonds is 13. The Bertz CT molecular complexity index is 1370. The summed E-state index contributed by atoms with van der Waals surface area (Å²) in [5.41, 5.74) is 0.535. The number of piperidine rings is 2. The lowest BCUT2D eigenvalue weighted by atomic mass is 9.84. The summed E-state index contributed by atoms with van der Waals surface area (Å²) in [6.07, 6.45) is 0.823. The van der Waals surface area contributed by atoms with E-state index in [-0.39, 0.29) is 19.0 Å². The Kier molecular flexibility index (Phi) is 10.9. The third kappa shape index (κ3) is 8.70. The van der Waals surface area contributed by atoms with Crippen LogP contribution in [0.15, 0.2) is 78.9 Å². The average Bonchev–Trinajstić information content (AvgIpc) is 3.06. The van der Waals surface area contributed by atoms with E-state index in [0.717, 1.165) is 11.1 Å². The van der Waals surface area contributed by atoms with Crippen molar-refractivity contribution in [2.75, 3.05) is 52.5 Å². The van der Waals surface area contributed by atoms with Crippen molar-refractivity contribution in [3.63, 3.8) is 0 Å². The van der Waals surface area contributed by atoms with Gasteiger partial charge in [0.15, 0.2) is 5.78 Å². The van der Waals surface area contributed by atoms with Crippen molar-refractivity contribution in [1.29, 1.82) is 0 Å². The molecule has 3 aromatic carbocycles. The van der Waals surface area contributed by atoms with Gasteiger partial charge in [-0.15, -0.1) is 0 Å². The molecule has 4 N–H and O–H groups in total. The lowest BCUT2D eigenvalue weighted by molar-refractivity contribution is -0.0373. The maximum atomic E-state index is 12.3. The number of hydrogen-bond acceptors (Lipinski definition) is 9. The van der Waals surface area contributed by atoms with Crippen LogP contribution in [0.2, 0.25) is 0 Å². The fourth-order valence-corrected chi connectivity index (χ4v) is 6.37. The summed E-state index contributed by atoms with van der Waals surface area (Å²) in [5.74, 6) is 0.613. The zero-order chi connectivity index (χ0) is 31.9. The maximum absolute atomic E-state index is 12.3. The smallest absolute Gasteiger partial charge is 0.163 e. The molecule has 2 fully saturated rings. The number of carbonyl (C=O) groups excluding carboxylic acids is 1. The summed E-state index contributed by atoms with van der Waals surface area (Å²) in [6.45, 7) is 4.97. The van der Waals surface area contributed by atoms with Crippen LogP contribution in [0, 0.1) is 0 Å². The van der Waals surface area contributed by atoms with E-state index >= 15 is 0 Å². The number of benzene rings is 3. The minimum atomic E-state index is -0.856. The second kappa shape index (κ2) is 14.9. The largest absolute Gasteiger partial charge is 0.491 e. The fourth-order valence-electron chi connectivity index (χ4n) is 6.37. The molecule has 2 atom stereocenters. The van der Waals surface area contributed by atoms with Gasteiger partial charge in [-0.25, -0.2) is 0 Å². The molecule has 0 bridgehead atoms. The quantitative estimate of drug-likeness (QED) is 0.214. The summed E-state index contributed by atoms with van der Waals surface area (Å²) in [4.78, 5) is 16.5. The first-order valence-corrected chi connectivity index (χ1v) is 15.9. The normalized spacial score (nSPS) is 19.8. The fraction of sp³-hybridized carbons (Fsp3) is 0.472. The third-order valence-electron chi connectivity index (χ3n) is 9.13. The minimum absolute atomic E-state index is 0.00387. The minimum Gasteiger partial charge on any atom is -0.491 e. The Morgan fingerprint density at radius 3 is 1.60 bits per heavy atom. The van der Waals surface area contributed by atoms with Gasteiger partial charge >= 0.3 is 0 Å². The Morgan fingerprint density at radius 1 is 0.711 bits per heavy atom. The topological polar surface area (TPSA) is 123 Å². The molecule has 45 heavy (non-hydrogen) atoms. The van der Waals surface area contributed by atoms with Crippen molar-refractivity contribution in [2.24, 2.45) is 0 Å². The van der Waals surface area contributed by atoms with Gasteiger partial charge in [0.05, 0.1) is 16.8 Å². The van der Waals surface area contributed by atoms with Gasteiger partial charge in [-0.1, -0.05) is 60.7 Å². The van der Waals surface area contributed by atoms with E-state index in [1.165, 1.54) is 6.92 Å². The summed E-state index contributed by atoms with van der Waals surface area (Å²) in [6, 6.07) is 24.4. The Balaban J connectivity index is 1.07. The molecule has 3 aromatic rings. The first kappa shape index (κ1) is 33.1. The molecule has 2 heterocycles. The second-order valence-corrected chi connectivity index (χ2v) is 12.5. The van der Waals surface area contributed by atoms with Crippen LogP contribution in [-0.4, -0.2) is 101 Å². The summed E-state index contributed by atoms with van der Waals surface area (Å²) >= 11 is 0. The van der Waals surface area contributed by atoms with E-state index < -0.39 is 23.4 Å². The highest BCUT2D eigenvalue weighted by atomic mass is 16.5. The number of hydrogen-bond donors (Lipinski definition) is 4. The van der Waals surface area contributed by atoms with Crippen LogP contribution in [0.1, 0.15) is 54.1 Å². The predicted molar refractivity (Wildman–Crippen MR) is 171 cm³/mol. The molecule has 0 saturated carbocycles. The molecule has 2 saturated heterocycles. The molecule has 0 radical (unpaired) electrons.